The quantitative estimate of drug-likeness (QED) is 0.0774. The number of piperidine rings is 1. The molecule has 2 fully saturated rings. The highest BCUT2D eigenvalue weighted by molar-refractivity contribution is 6.30. The van der Waals surface area contributed by atoms with Crippen LogP contribution >= 0.6 is 11.6 Å². The number of aliphatic imine (C=N–C) groups is 1. The van der Waals surface area contributed by atoms with Crippen LogP contribution < -0.4 is 16.4 Å². The fourth-order valence-corrected chi connectivity index (χ4v) is 6.97. The maximum atomic E-state index is 14.0. The van der Waals surface area contributed by atoms with E-state index < -0.39 is 17.6 Å². The van der Waals surface area contributed by atoms with E-state index in [4.69, 9.17) is 32.6 Å². The first kappa shape index (κ1) is 36.2. The summed E-state index contributed by atoms with van der Waals surface area (Å²) in [5, 5.41) is 13.0. The lowest BCUT2D eigenvalue weighted by molar-refractivity contribution is -0.144. The van der Waals surface area contributed by atoms with Crippen molar-refractivity contribution in [1.82, 2.24) is 20.0 Å². The number of benzene rings is 2. The Bertz CT molecular complexity index is 1500. The second kappa shape index (κ2) is 17.0. The summed E-state index contributed by atoms with van der Waals surface area (Å²) in [5.41, 5.74) is 15.2. The van der Waals surface area contributed by atoms with Crippen LogP contribution in [-0.2, 0) is 20.9 Å². The molecule has 3 atom stereocenters. The second-order valence-corrected chi connectivity index (χ2v) is 13.9. The maximum absolute atomic E-state index is 14.0. The lowest BCUT2D eigenvalue weighted by atomic mass is 9.93. The summed E-state index contributed by atoms with van der Waals surface area (Å²) in [6.07, 6.45) is 7.20. The Balaban J connectivity index is 1.28. The van der Waals surface area contributed by atoms with E-state index in [-0.39, 0.29) is 31.0 Å². The fraction of sp³-hybridized carbons (Fsp3) is 0.543. The maximum Gasteiger partial charge on any atom is 0.288 e. The molecule has 0 spiro atoms. The minimum absolute atomic E-state index is 0.134. The average molecular weight is 693 g/mol. The normalized spacial score (nSPS) is 21.6. The molecule has 14 heteroatoms. The molecule has 0 bridgehead atoms. The number of nitrogens with zero attached hydrogens (tertiary/aromatic N) is 6. The van der Waals surface area contributed by atoms with E-state index in [1.54, 1.807) is 23.1 Å². The predicted octanol–water partition coefficient (Wildman–Crippen LogP) is 4.74. The van der Waals surface area contributed by atoms with Gasteiger partial charge in [0.1, 0.15) is 17.9 Å². The summed E-state index contributed by atoms with van der Waals surface area (Å²) >= 11 is 6.28. The van der Waals surface area contributed by atoms with Gasteiger partial charge in [0.15, 0.2) is 6.10 Å². The molecule has 0 aliphatic carbocycles. The highest BCUT2D eigenvalue weighted by Crippen LogP contribution is 2.38. The lowest BCUT2D eigenvalue weighted by Crippen LogP contribution is -2.63. The van der Waals surface area contributed by atoms with E-state index in [0.29, 0.717) is 41.8 Å². The Morgan fingerprint density at radius 1 is 1.12 bits per heavy atom. The van der Waals surface area contributed by atoms with Crippen LogP contribution in [0.4, 0.5) is 5.69 Å². The molecule has 49 heavy (non-hydrogen) atoms. The Morgan fingerprint density at radius 3 is 2.65 bits per heavy atom. The minimum Gasteiger partial charge on any atom is -0.454 e. The zero-order valence-corrected chi connectivity index (χ0v) is 29.2. The average Bonchev–Trinajstić information content (AvgIpc) is 3.44. The van der Waals surface area contributed by atoms with E-state index in [1.165, 1.54) is 25.6 Å². The third-order valence-electron chi connectivity index (χ3n) is 9.45. The van der Waals surface area contributed by atoms with Gasteiger partial charge in [-0.25, -0.2) is 4.99 Å². The van der Waals surface area contributed by atoms with Gasteiger partial charge >= 0.3 is 0 Å². The summed E-state index contributed by atoms with van der Waals surface area (Å²) < 4.78 is 6.45. The number of halogens is 1. The molecule has 3 aliphatic rings. The summed E-state index contributed by atoms with van der Waals surface area (Å²) in [4.78, 5) is 38.9. The number of hydrogen-bond donors (Lipinski definition) is 4. The van der Waals surface area contributed by atoms with Gasteiger partial charge in [0, 0.05) is 30.3 Å². The van der Waals surface area contributed by atoms with E-state index in [9.17, 15) is 9.59 Å². The van der Waals surface area contributed by atoms with Gasteiger partial charge in [0.25, 0.3) is 6.02 Å². The molecule has 0 radical (unpaired) electrons. The van der Waals surface area contributed by atoms with Gasteiger partial charge in [-0.15, -0.1) is 5.10 Å². The fourth-order valence-electron chi connectivity index (χ4n) is 6.77. The van der Waals surface area contributed by atoms with Crippen molar-refractivity contribution in [2.24, 2.45) is 21.1 Å². The van der Waals surface area contributed by atoms with E-state index in [0.717, 1.165) is 38.0 Å². The first-order valence-corrected chi connectivity index (χ1v) is 17.6. The summed E-state index contributed by atoms with van der Waals surface area (Å²) in [5.74, 6) is -0.552. The summed E-state index contributed by atoms with van der Waals surface area (Å²) in [6.45, 7) is 8.47. The van der Waals surface area contributed by atoms with Crippen LogP contribution in [0.15, 0.2) is 63.8 Å². The van der Waals surface area contributed by atoms with Crippen LogP contribution in [0.3, 0.4) is 0 Å². The zero-order chi connectivity index (χ0) is 34.8. The van der Waals surface area contributed by atoms with Gasteiger partial charge in [-0.3, -0.25) is 9.59 Å². The van der Waals surface area contributed by atoms with Crippen LogP contribution in [-0.4, -0.2) is 95.8 Å². The zero-order valence-electron chi connectivity index (χ0n) is 28.5. The van der Waals surface area contributed by atoms with Crippen molar-refractivity contribution >= 4 is 41.5 Å². The number of anilines is 1. The van der Waals surface area contributed by atoms with Crippen molar-refractivity contribution in [3.8, 4) is 0 Å². The SMILES string of the molecule is CC1(C)N=C(N2CCN(C(=O)[C@H](N)CCCCN3CCCCC3)[C@H](C(=O)NCc3cc(Cl)ccc3N/C=N\N=N)C2)OC1c1ccccc1. The predicted molar refractivity (Wildman–Crippen MR) is 192 cm³/mol. The third kappa shape index (κ3) is 9.55. The van der Waals surface area contributed by atoms with Crippen molar-refractivity contribution in [3.05, 3.63) is 64.7 Å². The topological polar surface area (TPSA) is 164 Å². The molecule has 5 N–H and O–H groups in total. The monoisotopic (exact) mass is 692 g/mol. The van der Waals surface area contributed by atoms with Crippen LogP contribution in [0.1, 0.15) is 69.6 Å². The Labute approximate surface area is 293 Å². The highest BCUT2D eigenvalue weighted by Gasteiger charge is 2.44. The van der Waals surface area contributed by atoms with Crippen molar-refractivity contribution in [2.45, 2.75) is 82.6 Å². The molecular weight excluding hydrogens is 644 g/mol. The van der Waals surface area contributed by atoms with E-state index >= 15 is 0 Å². The molecule has 1 unspecified atom stereocenters. The van der Waals surface area contributed by atoms with E-state index in [2.05, 4.69) is 25.9 Å². The van der Waals surface area contributed by atoms with Gasteiger partial charge in [0.2, 0.25) is 11.8 Å². The van der Waals surface area contributed by atoms with Gasteiger partial charge in [0.05, 0.1) is 12.6 Å². The van der Waals surface area contributed by atoms with Crippen molar-refractivity contribution in [1.29, 1.82) is 5.53 Å². The van der Waals surface area contributed by atoms with Crippen LogP contribution in [0.2, 0.25) is 5.02 Å². The third-order valence-corrected chi connectivity index (χ3v) is 9.68. The highest BCUT2D eigenvalue weighted by atomic mass is 35.5. The van der Waals surface area contributed by atoms with Gasteiger partial charge in [-0.1, -0.05) is 60.0 Å². The van der Waals surface area contributed by atoms with Gasteiger partial charge in [-0.2, -0.15) is 5.53 Å². The van der Waals surface area contributed by atoms with Crippen LogP contribution in [0, 0.1) is 5.53 Å². The molecule has 2 aromatic carbocycles. The van der Waals surface area contributed by atoms with Gasteiger partial charge < -0.3 is 35.8 Å². The minimum atomic E-state index is -0.829. The molecule has 264 valence electrons. The molecule has 2 aromatic rings. The van der Waals surface area contributed by atoms with Crippen LogP contribution in [0.25, 0.3) is 0 Å². The van der Waals surface area contributed by atoms with Crippen molar-refractivity contribution in [2.75, 3.05) is 44.6 Å². The number of piperazine rings is 1. The van der Waals surface area contributed by atoms with Gasteiger partial charge in [-0.05, 0) is 88.5 Å². The number of nitrogens with one attached hydrogen (secondary N) is 3. The standard InChI is InChI=1S/C35H49ClN10O3/c1-35(2)31(25-11-5-3-6-12-25)49-34(42-35)45-19-20-46(33(48)28(37)13-7-10-18-44-16-8-4-9-17-44)30(23-45)32(47)39-22-26-21-27(36)14-15-29(26)40-24-41-43-38/h3,5-6,11-12,14-15,21,24,28,30-31H,4,7-10,13,16-20,22-23,37H2,1-2H3,(H,39,47)(H2,38,40,41)/t28-,30+,31?/m1/s1. The Morgan fingerprint density at radius 2 is 1.90 bits per heavy atom. The molecule has 3 aliphatic heterocycles. The molecule has 2 amide bonds. The number of rotatable bonds is 13. The number of carbonyl (C=O) groups is 2. The number of amidine groups is 1. The molecule has 0 aromatic heterocycles. The molecule has 3 heterocycles. The number of ether oxygens (including phenoxy) is 1. The number of carbonyl (C=O) groups excluding carboxylic acids is 2. The van der Waals surface area contributed by atoms with E-state index in [1.807, 2.05) is 49.1 Å². The first-order chi connectivity index (χ1) is 23.7. The molecule has 13 nitrogen and oxygen atoms in total. The number of likely N-dealkylation sites (tertiary alicyclic amines) is 1. The number of amides is 2. The molecule has 5 rings (SSSR count). The Hall–Kier alpha value is -4.07. The van der Waals surface area contributed by atoms with Crippen molar-refractivity contribution in [3.63, 3.8) is 0 Å². The second-order valence-electron chi connectivity index (χ2n) is 13.5. The number of hydrogen-bond acceptors (Lipinski definition) is 9. The number of nitrogens with two attached hydrogens (primary N) is 1. The molecule has 2 saturated heterocycles. The molecule has 0 saturated carbocycles. The lowest BCUT2D eigenvalue weighted by Gasteiger charge is -2.41. The smallest absolute Gasteiger partial charge is 0.288 e. The summed E-state index contributed by atoms with van der Waals surface area (Å²) in [7, 11) is 0. The first-order valence-electron chi connectivity index (χ1n) is 17.2. The van der Waals surface area contributed by atoms with Crippen molar-refractivity contribution < 1.29 is 14.3 Å². The Kier molecular flexibility index (Phi) is 12.6. The summed E-state index contributed by atoms with van der Waals surface area (Å²) in [6, 6.07) is 14.1. The number of unbranched alkanes of at least 4 members (excludes halogenated alkanes) is 1. The van der Waals surface area contributed by atoms with Crippen LogP contribution in [0.5, 0.6) is 0 Å². The largest absolute Gasteiger partial charge is 0.454 e. The molecular formula is C35H49ClN10O3.